The second-order valence-electron chi connectivity index (χ2n) is 16.9. The second kappa shape index (κ2) is 11.1. The highest BCUT2D eigenvalue weighted by Crippen LogP contribution is 2.62. The Kier molecular flexibility index (Phi) is 6.49. The van der Waals surface area contributed by atoms with Gasteiger partial charge in [-0.2, -0.15) is 0 Å². The van der Waals surface area contributed by atoms with Crippen molar-refractivity contribution in [3.8, 4) is 55.9 Å². The van der Waals surface area contributed by atoms with Gasteiger partial charge in [-0.15, -0.1) is 0 Å². The Bertz CT molecular complexity index is 2430. The predicted molar refractivity (Wildman–Crippen MR) is 211 cm³/mol. The van der Waals surface area contributed by atoms with Crippen LogP contribution < -0.4 is 0 Å². The average molecular weight is 675 g/mol. The zero-order valence-electron chi connectivity index (χ0n) is 29.9. The molecular weight excluding hydrogens is 633 g/mol. The van der Waals surface area contributed by atoms with Gasteiger partial charge in [-0.1, -0.05) is 111 Å². The van der Waals surface area contributed by atoms with Crippen LogP contribution in [-0.4, -0.2) is 9.97 Å². The van der Waals surface area contributed by atoms with Crippen LogP contribution in [0.5, 0.6) is 0 Å². The maximum Gasteiger partial charge on any atom is 0.182 e. The zero-order chi connectivity index (χ0) is 34.6. The third kappa shape index (κ3) is 4.57. The SMILES string of the molecule is CC1(C)c2cc(-c3cc(-c4ccccc4)nc(-c4ccccc4)c3)ccc2-c2ccc(-c3ccc(C45CC6CC(CC(C6)C4)C5)c4ocnc34)cc21. The summed E-state index contributed by atoms with van der Waals surface area (Å²) in [4.78, 5) is 10.0. The molecule has 0 aliphatic heterocycles. The maximum atomic E-state index is 6.30. The first-order valence-electron chi connectivity index (χ1n) is 19.2. The molecule has 5 aliphatic rings. The Morgan fingerprint density at radius 3 is 1.65 bits per heavy atom. The third-order valence-electron chi connectivity index (χ3n) is 13.4. The lowest BCUT2D eigenvalue weighted by Crippen LogP contribution is -2.48. The molecule has 4 fully saturated rings. The molecule has 254 valence electrons. The van der Waals surface area contributed by atoms with Crippen LogP contribution in [0.15, 0.2) is 132 Å². The van der Waals surface area contributed by atoms with Crippen LogP contribution in [0.2, 0.25) is 0 Å². The average Bonchev–Trinajstić information content (AvgIpc) is 3.75. The highest BCUT2D eigenvalue weighted by molar-refractivity contribution is 5.95. The van der Waals surface area contributed by atoms with E-state index in [-0.39, 0.29) is 10.8 Å². The lowest BCUT2D eigenvalue weighted by molar-refractivity contribution is -0.00487. The fourth-order valence-corrected chi connectivity index (χ4v) is 11.3. The summed E-state index contributed by atoms with van der Waals surface area (Å²) in [5, 5.41) is 0. The Morgan fingerprint density at radius 2 is 1.06 bits per heavy atom. The van der Waals surface area contributed by atoms with Gasteiger partial charge in [0.15, 0.2) is 12.0 Å². The molecule has 5 aliphatic carbocycles. The minimum atomic E-state index is -0.170. The van der Waals surface area contributed by atoms with Crippen molar-refractivity contribution in [3.63, 3.8) is 0 Å². The van der Waals surface area contributed by atoms with Crippen LogP contribution in [0.3, 0.4) is 0 Å². The first-order chi connectivity index (χ1) is 25.4. The van der Waals surface area contributed by atoms with E-state index < -0.39 is 0 Å². The van der Waals surface area contributed by atoms with Gasteiger partial charge in [0, 0.05) is 27.7 Å². The number of rotatable bonds is 5. The van der Waals surface area contributed by atoms with Gasteiger partial charge in [-0.25, -0.2) is 9.97 Å². The molecule has 5 aromatic carbocycles. The molecule has 0 amide bonds. The van der Waals surface area contributed by atoms with Crippen LogP contribution in [-0.2, 0) is 10.8 Å². The summed E-state index contributed by atoms with van der Waals surface area (Å²) in [6.45, 7) is 4.76. The van der Waals surface area contributed by atoms with E-state index in [1.165, 1.54) is 88.6 Å². The smallest absolute Gasteiger partial charge is 0.182 e. The first kappa shape index (κ1) is 30.4. The molecule has 12 rings (SSSR count). The highest BCUT2D eigenvalue weighted by atomic mass is 16.3. The minimum absolute atomic E-state index is 0.170. The van der Waals surface area contributed by atoms with Gasteiger partial charge in [-0.3, -0.25) is 0 Å². The van der Waals surface area contributed by atoms with Gasteiger partial charge in [-0.05, 0) is 125 Å². The number of hydrogen-bond acceptors (Lipinski definition) is 3. The van der Waals surface area contributed by atoms with E-state index in [0.717, 1.165) is 51.4 Å². The molecule has 0 radical (unpaired) electrons. The van der Waals surface area contributed by atoms with Gasteiger partial charge < -0.3 is 4.42 Å². The molecule has 0 saturated heterocycles. The third-order valence-corrected chi connectivity index (χ3v) is 13.4. The lowest BCUT2D eigenvalue weighted by atomic mass is 9.48. The number of benzene rings is 5. The van der Waals surface area contributed by atoms with E-state index >= 15 is 0 Å². The van der Waals surface area contributed by atoms with Gasteiger partial charge >= 0.3 is 0 Å². The Morgan fingerprint density at radius 1 is 0.519 bits per heavy atom. The summed E-state index contributed by atoms with van der Waals surface area (Å²) in [5.74, 6) is 2.67. The summed E-state index contributed by atoms with van der Waals surface area (Å²) in [7, 11) is 0. The maximum absolute atomic E-state index is 6.30. The summed E-state index contributed by atoms with van der Waals surface area (Å²) in [6.07, 6.45) is 9.97. The molecule has 0 N–H and O–H groups in total. The van der Waals surface area contributed by atoms with Crippen molar-refractivity contribution in [1.29, 1.82) is 0 Å². The van der Waals surface area contributed by atoms with Crippen LogP contribution in [0, 0.1) is 17.8 Å². The summed E-state index contributed by atoms with van der Waals surface area (Å²) >= 11 is 0. The van der Waals surface area contributed by atoms with Crippen molar-refractivity contribution in [3.05, 3.63) is 144 Å². The summed E-state index contributed by atoms with van der Waals surface area (Å²) < 4.78 is 6.30. The standard InChI is InChI=1S/C49H42N2O/c1-48(2)42-22-35(37-24-44(33-9-5-3-6-10-33)51-45(25-37)34-11-7-4-8-12-34)13-15-39(42)40-16-14-36(23-43(40)48)38-17-18-41(47-46(38)50-29-52-47)49-26-30-19-31(27-49)21-32(20-30)28-49/h3-18,22-25,29-32H,19-21,26-28H2,1-2H3. The molecule has 0 atom stereocenters. The molecular formula is C49H42N2O. The van der Waals surface area contributed by atoms with E-state index in [1.54, 1.807) is 6.39 Å². The molecule has 52 heavy (non-hydrogen) atoms. The lowest BCUT2D eigenvalue weighted by Gasteiger charge is -2.57. The Labute approximate surface area is 305 Å². The topological polar surface area (TPSA) is 38.9 Å². The molecule has 3 heteroatoms. The molecule has 0 spiro atoms. The van der Waals surface area contributed by atoms with E-state index in [1.807, 2.05) is 0 Å². The number of oxazole rings is 1. The van der Waals surface area contributed by atoms with E-state index in [4.69, 9.17) is 14.4 Å². The molecule has 3 nitrogen and oxygen atoms in total. The van der Waals surface area contributed by atoms with E-state index in [9.17, 15) is 0 Å². The second-order valence-corrected chi connectivity index (χ2v) is 16.9. The molecule has 4 bridgehead atoms. The molecule has 4 saturated carbocycles. The van der Waals surface area contributed by atoms with Crippen LogP contribution in [0.1, 0.15) is 69.1 Å². The van der Waals surface area contributed by atoms with Crippen molar-refractivity contribution in [2.75, 3.05) is 0 Å². The monoisotopic (exact) mass is 674 g/mol. The molecule has 0 unspecified atom stereocenters. The van der Waals surface area contributed by atoms with Crippen LogP contribution in [0.25, 0.3) is 67.0 Å². The number of hydrogen-bond donors (Lipinski definition) is 0. The number of nitrogens with zero attached hydrogens (tertiary/aromatic N) is 2. The quantitative estimate of drug-likeness (QED) is 0.182. The first-order valence-corrected chi connectivity index (χ1v) is 19.2. The van der Waals surface area contributed by atoms with Gasteiger partial charge in [0.25, 0.3) is 0 Å². The molecule has 7 aromatic rings. The van der Waals surface area contributed by atoms with Crippen molar-refractivity contribution in [1.82, 2.24) is 9.97 Å². The predicted octanol–water partition coefficient (Wildman–Crippen LogP) is 12.7. The number of pyridine rings is 1. The summed E-state index contributed by atoms with van der Waals surface area (Å²) in [5.41, 5.74) is 17.9. The van der Waals surface area contributed by atoms with Crippen molar-refractivity contribution >= 4 is 11.1 Å². The van der Waals surface area contributed by atoms with Gasteiger partial charge in [0.1, 0.15) is 5.52 Å². The number of aromatic nitrogens is 2. The minimum Gasteiger partial charge on any atom is -0.443 e. The molecule has 2 heterocycles. The van der Waals surface area contributed by atoms with Crippen molar-refractivity contribution in [2.24, 2.45) is 17.8 Å². The van der Waals surface area contributed by atoms with Crippen LogP contribution >= 0.6 is 0 Å². The van der Waals surface area contributed by atoms with E-state index in [0.29, 0.717) is 0 Å². The molecule has 2 aromatic heterocycles. The zero-order valence-corrected chi connectivity index (χ0v) is 29.9. The van der Waals surface area contributed by atoms with Gasteiger partial charge in [0.05, 0.1) is 11.4 Å². The van der Waals surface area contributed by atoms with Gasteiger partial charge in [0.2, 0.25) is 0 Å². The summed E-state index contributed by atoms with van der Waals surface area (Å²) in [6, 6.07) is 44.4. The highest BCUT2D eigenvalue weighted by Gasteiger charge is 2.52. The van der Waals surface area contributed by atoms with Crippen LogP contribution in [0.4, 0.5) is 0 Å². The normalized spacial score (nSPS) is 23.5. The number of fused-ring (bicyclic) bond motifs is 4. The fraction of sp³-hybridized carbons (Fsp3) is 0.265. The Balaban J connectivity index is 0.979. The van der Waals surface area contributed by atoms with Crippen molar-refractivity contribution < 1.29 is 4.42 Å². The van der Waals surface area contributed by atoms with Crippen molar-refractivity contribution in [2.45, 2.75) is 63.2 Å². The Hall–Kier alpha value is -5.28. The fourth-order valence-electron chi connectivity index (χ4n) is 11.3. The largest absolute Gasteiger partial charge is 0.443 e. The van der Waals surface area contributed by atoms with E-state index in [2.05, 4.69) is 135 Å².